The molecular weight excluding hydrogens is 429 g/mol. The molecule has 2 saturated heterocycles. The van der Waals surface area contributed by atoms with Crippen LogP contribution in [-0.4, -0.2) is 69.3 Å². The molecule has 0 saturated carbocycles. The molecule has 11 heteroatoms. The average molecular weight is 456 g/mol. The van der Waals surface area contributed by atoms with Gasteiger partial charge in [-0.2, -0.15) is 18.3 Å². The molecule has 32 heavy (non-hydrogen) atoms. The molecule has 0 aromatic carbocycles. The Kier molecular flexibility index (Phi) is 7.73. The maximum atomic E-state index is 10.6. The van der Waals surface area contributed by atoms with E-state index < -0.39 is 12.1 Å². The van der Waals surface area contributed by atoms with E-state index >= 15 is 0 Å². The molecule has 4 rings (SSSR count). The first-order chi connectivity index (χ1) is 15.2. The first-order valence-corrected chi connectivity index (χ1v) is 10.3. The number of piperidine rings is 1. The zero-order valence-electron chi connectivity index (χ0n) is 17.8. The molecule has 2 atom stereocenters. The lowest BCUT2D eigenvalue weighted by atomic mass is 9.73. The number of carbonyl (C=O) groups is 1. The van der Waals surface area contributed by atoms with Gasteiger partial charge in [-0.25, -0.2) is 9.78 Å². The molecule has 4 heterocycles. The summed E-state index contributed by atoms with van der Waals surface area (Å²) in [5.41, 5.74) is 1.31. The molecular formula is C21H27F3N4O4. The minimum Gasteiger partial charge on any atom is -0.477 e. The Labute approximate surface area is 183 Å². The predicted molar refractivity (Wildman–Crippen MR) is 108 cm³/mol. The number of halogens is 3. The Morgan fingerprint density at radius 1 is 1.41 bits per heavy atom. The summed E-state index contributed by atoms with van der Waals surface area (Å²) in [6, 6.07) is 5.80. The van der Waals surface area contributed by atoms with Crippen molar-refractivity contribution in [3.8, 4) is 5.88 Å². The van der Waals surface area contributed by atoms with Crippen molar-refractivity contribution in [2.24, 2.45) is 12.5 Å². The van der Waals surface area contributed by atoms with Crippen LogP contribution in [0.2, 0.25) is 0 Å². The molecule has 0 radical (unpaired) electrons. The Balaban J connectivity index is 0.000000360. The van der Waals surface area contributed by atoms with Gasteiger partial charge in [0.25, 0.3) is 0 Å². The third-order valence-corrected chi connectivity index (χ3v) is 5.62. The molecule has 0 spiro atoms. The number of carboxylic acid groups (broad SMARTS) is 1. The molecule has 0 amide bonds. The molecule has 1 N–H and O–H groups in total. The molecule has 2 aromatic rings. The first-order valence-electron chi connectivity index (χ1n) is 10.3. The number of rotatable bonds is 5. The van der Waals surface area contributed by atoms with Crippen LogP contribution in [0.1, 0.15) is 24.8 Å². The van der Waals surface area contributed by atoms with E-state index in [4.69, 9.17) is 19.4 Å². The van der Waals surface area contributed by atoms with E-state index in [1.165, 1.54) is 5.56 Å². The lowest BCUT2D eigenvalue weighted by molar-refractivity contribution is -0.192. The number of carboxylic acids is 1. The summed E-state index contributed by atoms with van der Waals surface area (Å²) in [6.45, 7) is 4.53. The molecule has 0 bridgehead atoms. The van der Waals surface area contributed by atoms with Gasteiger partial charge in [0.1, 0.15) is 0 Å². The van der Waals surface area contributed by atoms with Gasteiger partial charge in [-0.15, -0.1) is 0 Å². The molecule has 2 aliphatic heterocycles. The third-order valence-electron chi connectivity index (χ3n) is 5.62. The molecule has 2 unspecified atom stereocenters. The fourth-order valence-electron chi connectivity index (χ4n) is 4.19. The maximum Gasteiger partial charge on any atom is 0.490 e. The van der Waals surface area contributed by atoms with Crippen LogP contribution < -0.4 is 4.74 Å². The number of alkyl halides is 3. The van der Waals surface area contributed by atoms with Gasteiger partial charge in [-0.3, -0.25) is 9.58 Å². The van der Waals surface area contributed by atoms with Crippen molar-refractivity contribution >= 4 is 5.97 Å². The van der Waals surface area contributed by atoms with Crippen molar-refractivity contribution < 1.29 is 32.5 Å². The molecule has 2 aromatic heterocycles. The third kappa shape index (κ3) is 6.42. The van der Waals surface area contributed by atoms with E-state index in [1.54, 1.807) is 6.20 Å². The van der Waals surface area contributed by atoms with Crippen molar-refractivity contribution in [3.63, 3.8) is 0 Å². The van der Waals surface area contributed by atoms with E-state index in [9.17, 15) is 13.2 Å². The second-order valence-corrected chi connectivity index (χ2v) is 8.11. The predicted octanol–water partition coefficient (Wildman–Crippen LogP) is 2.90. The lowest BCUT2D eigenvalue weighted by Crippen LogP contribution is -2.57. The minimum absolute atomic E-state index is 0.0518. The zero-order chi connectivity index (χ0) is 23.2. The van der Waals surface area contributed by atoms with Gasteiger partial charge in [0.05, 0.1) is 18.9 Å². The topological polar surface area (TPSA) is 89.7 Å². The van der Waals surface area contributed by atoms with E-state index in [-0.39, 0.29) is 11.5 Å². The van der Waals surface area contributed by atoms with Crippen LogP contribution in [-0.2, 0) is 23.1 Å². The van der Waals surface area contributed by atoms with Crippen LogP contribution in [0.5, 0.6) is 5.88 Å². The van der Waals surface area contributed by atoms with Gasteiger partial charge >= 0.3 is 12.1 Å². The number of fused-ring (bicyclic) bond motifs is 1. The van der Waals surface area contributed by atoms with Gasteiger partial charge in [0.15, 0.2) is 0 Å². The van der Waals surface area contributed by atoms with Crippen LogP contribution >= 0.6 is 0 Å². The van der Waals surface area contributed by atoms with Crippen molar-refractivity contribution in [1.82, 2.24) is 19.7 Å². The van der Waals surface area contributed by atoms with Gasteiger partial charge in [0.2, 0.25) is 5.88 Å². The van der Waals surface area contributed by atoms with E-state index in [1.807, 2.05) is 36.1 Å². The van der Waals surface area contributed by atoms with Crippen molar-refractivity contribution in [2.75, 3.05) is 26.3 Å². The van der Waals surface area contributed by atoms with E-state index in [0.717, 1.165) is 45.5 Å². The number of ether oxygens (including phenoxy) is 2. The second kappa shape index (κ2) is 10.3. The fraction of sp³-hybridized carbons (Fsp3) is 0.571. The number of nitrogens with zero attached hydrogens (tertiary/aromatic N) is 4. The number of hydrogen-bond donors (Lipinski definition) is 1. The van der Waals surface area contributed by atoms with Gasteiger partial charge in [-0.05, 0) is 25.3 Å². The van der Waals surface area contributed by atoms with Crippen LogP contribution in [0.25, 0.3) is 0 Å². The summed E-state index contributed by atoms with van der Waals surface area (Å²) < 4.78 is 45.8. The van der Waals surface area contributed by atoms with Crippen molar-refractivity contribution in [2.45, 2.75) is 38.1 Å². The Morgan fingerprint density at radius 2 is 2.19 bits per heavy atom. The number of likely N-dealkylation sites (tertiary alicyclic amines) is 1. The van der Waals surface area contributed by atoms with Crippen molar-refractivity contribution in [3.05, 3.63) is 42.4 Å². The van der Waals surface area contributed by atoms with Crippen LogP contribution in [0.3, 0.4) is 0 Å². The number of aryl methyl sites for hydroxylation is 1. The number of hydrogen-bond acceptors (Lipinski definition) is 6. The molecule has 0 aliphatic carbocycles. The summed E-state index contributed by atoms with van der Waals surface area (Å²) >= 11 is 0. The van der Waals surface area contributed by atoms with Gasteiger partial charge in [0, 0.05) is 62.7 Å². The standard InChI is InChI=1S/C19H26N4O2.C2HF3O2/c1-22-12-16(11-21-22)13-23-9-6-17-19(14-23,7-4-10-24-17)15-25-18-5-2-3-8-20-18;3-2(4,5)1(6)7/h2-3,5,8,11-12,17H,4,6-7,9-10,13-15H2,1H3;(H,6,7). The van der Waals surface area contributed by atoms with Crippen LogP contribution in [0.4, 0.5) is 13.2 Å². The van der Waals surface area contributed by atoms with Gasteiger partial charge < -0.3 is 14.6 Å². The Hall–Kier alpha value is -2.66. The normalized spacial score (nSPS) is 23.6. The first kappa shape index (κ1) is 24.0. The minimum atomic E-state index is -5.08. The molecule has 8 nitrogen and oxygen atoms in total. The summed E-state index contributed by atoms with van der Waals surface area (Å²) in [4.78, 5) is 15.7. The van der Waals surface area contributed by atoms with Crippen molar-refractivity contribution in [1.29, 1.82) is 0 Å². The highest BCUT2D eigenvalue weighted by atomic mass is 19.4. The summed E-state index contributed by atoms with van der Waals surface area (Å²) in [7, 11) is 1.97. The largest absolute Gasteiger partial charge is 0.490 e. The fourth-order valence-corrected chi connectivity index (χ4v) is 4.19. The Bertz CT molecular complexity index is 877. The number of pyridine rings is 1. The van der Waals surface area contributed by atoms with Gasteiger partial charge in [-0.1, -0.05) is 6.07 Å². The SMILES string of the molecule is Cn1cc(CN2CCC3OCCCC3(COc3ccccn3)C2)cn1.O=C(O)C(F)(F)F. The van der Waals surface area contributed by atoms with Crippen LogP contribution in [0, 0.1) is 5.41 Å². The highest BCUT2D eigenvalue weighted by Crippen LogP contribution is 2.40. The van der Waals surface area contributed by atoms with Crippen LogP contribution in [0.15, 0.2) is 36.8 Å². The smallest absolute Gasteiger partial charge is 0.477 e. The molecule has 2 aliphatic rings. The summed E-state index contributed by atoms with van der Waals surface area (Å²) in [6.07, 6.45) is 4.34. The number of aromatic nitrogens is 3. The monoisotopic (exact) mass is 456 g/mol. The van der Waals surface area contributed by atoms with E-state index in [0.29, 0.717) is 12.5 Å². The quantitative estimate of drug-likeness (QED) is 0.740. The van der Waals surface area contributed by atoms with E-state index in [2.05, 4.69) is 21.2 Å². The second-order valence-electron chi connectivity index (χ2n) is 8.11. The average Bonchev–Trinajstić information content (AvgIpc) is 3.17. The zero-order valence-corrected chi connectivity index (χ0v) is 17.8. The molecule has 176 valence electrons. The lowest BCUT2D eigenvalue weighted by Gasteiger charge is -2.50. The highest BCUT2D eigenvalue weighted by molar-refractivity contribution is 5.73. The molecule has 2 fully saturated rings. The summed E-state index contributed by atoms with van der Waals surface area (Å²) in [5, 5.41) is 11.4. The Morgan fingerprint density at radius 3 is 2.81 bits per heavy atom. The summed E-state index contributed by atoms with van der Waals surface area (Å²) in [5.74, 6) is -2.06. The number of aliphatic carboxylic acids is 1. The maximum absolute atomic E-state index is 10.6. The highest BCUT2D eigenvalue weighted by Gasteiger charge is 2.46.